The lowest BCUT2D eigenvalue weighted by molar-refractivity contribution is -0.170. The van der Waals surface area contributed by atoms with Crippen LogP contribution >= 0.6 is 0 Å². The van der Waals surface area contributed by atoms with E-state index in [2.05, 4.69) is 15.6 Å². The molecule has 10 nitrogen and oxygen atoms in total. The van der Waals surface area contributed by atoms with Crippen molar-refractivity contribution in [1.29, 1.82) is 0 Å². The summed E-state index contributed by atoms with van der Waals surface area (Å²) in [5, 5.41) is 5.89. The van der Waals surface area contributed by atoms with Gasteiger partial charge in [0.15, 0.2) is 5.78 Å². The van der Waals surface area contributed by atoms with Crippen molar-refractivity contribution in [1.82, 2.24) is 20.5 Å². The third-order valence-corrected chi connectivity index (χ3v) is 8.38. The zero-order valence-corrected chi connectivity index (χ0v) is 24.7. The summed E-state index contributed by atoms with van der Waals surface area (Å²) in [6.45, 7) is -0.483. The molecule has 2 aromatic carbocycles. The first-order chi connectivity index (χ1) is 21.5. The van der Waals surface area contributed by atoms with Gasteiger partial charge in [-0.3, -0.25) is 19.2 Å². The maximum absolute atomic E-state index is 13.9. The lowest BCUT2D eigenvalue weighted by Crippen LogP contribution is -2.53. The van der Waals surface area contributed by atoms with Gasteiger partial charge in [0, 0.05) is 29.9 Å². The number of carbonyl (C=O) groups excluding carboxylic acids is 4. The number of H-pyrrole nitrogens is 1. The van der Waals surface area contributed by atoms with Gasteiger partial charge in [-0.1, -0.05) is 36.4 Å². The van der Waals surface area contributed by atoms with E-state index in [4.69, 9.17) is 9.47 Å². The van der Waals surface area contributed by atoms with Gasteiger partial charge in [0.2, 0.25) is 11.8 Å². The quantitative estimate of drug-likeness (QED) is 0.297. The van der Waals surface area contributed by atoms with Crippen LogP contribution in [0.15, 0.2) is 54.6 Å². The molecule has 0 spiro atoms. The molecule has 1 aromatic heterocycles. The zero-order chi connectivity index (χ0) is 32.1. The molecule has 3 aromatic rings. The van der Waals surface area contributed by atoms with E-state index < -0.39 is 60.7 Å². The Balaban J connectivity index is 1.36. The molecule has 3 amide bonds. The summed E-state index contributed by atoms with van der Waals surface area (Å²) in [5.41, 5.74) is 1.36. The fourth-order valence-corrected chi connectivity index (χ4v) is 5.95. The van der Waals surface area contributed by atoms with Gasteiger partial charge < -0.3 is 30.0 Å². The van der Waals surface area contributed by atoms with Gasteiger partial charge in [-0.25, -0.2) is 0 Å². The molecule has 240 valence electrons. The number of Topliss-reactive ketones (excluding diaryl/α,β-unsaturated/α-hetero) is 1. The number of amides is 3. The van der Waals surface area contributed by atoms with Crippen molar-refractivity contribution in [2.75, 3.05) is 26.8 Å². The summed E-state index contributed by atoms with van der Waals surface area (Å²) < 4.78 is 52.7. The molecule has 2 aliphatic heterocycles. The minimum atomic E-state index is -4.65. The lowest BCUT2D eigenvalue weighted by atomic mass is 9.90. The molecule has 2 fully saturated rings. The maximum atomic E-state index is 13.9. The van der Waals surface area contributed by atoms with Crippen LogP contribution in [0, 0.1) is 11.8 Å². The average molecular weight is 629 g/mol. The van der Waals surface area contributed by atoms with Gasteiger partial charge >= 0.3 is 6.18 Å². The molecular formula is C32H35F3N4O6. The number of ether oxygens (including phenoxy) is 2. The molecule has 2 saturated heterocycles. The molecular weight excluding hydrogens is 593 g/mol. The second-order valence-corrected chi connectivity index (χ2v) is 11.4. The Kier molecular flexibility index (Phi) is 9.76. The Morgan fingerprint density at radius 3 is 2.60 bits per heavy atom. The number of benzene rings is 2. The molecule has 3 heterocycles. The van der Waals surface area contributed by atoms with Crippen LogP contribution in [0.2, 0.25) is 0 Å². The minimum absolute atomic E-state index is 0.00376. The van der Waals surface area contributed by atoms with Crippen molar-refractivity contribution in [3.05, 3.63) is 65.9 Å². The number of ketones is 1. The number of piperidine rings is 1. The normalized spacial score (nSPS) is 20.9. The number of aromatic nitrogens is 1. The summed E-state index contributed by atoms with van der Waals surface area (Å²) in [5.74, 6) is -4.53. The van der Waals surface area contributed by atoms with Crippen molar-refractivity contribution < 1.29 is 41.8 Å². The predicted molar refractivity (Wildman–Crippen MR) is 157 cm³/mol. The van der Waals surface area contributed by atoms with Gasteiger partial charge in [-0.2, -0.15) is 13.2 Å². The number of carbonyl (C=O) groups is 4. The van der Waals surface area contributed by atoms with Crippen LogP contribution in [0.25, 0.3) is 10.9 Å². The third-order valence-electron chi connectivity index (χ3n) is 8.38. The summed E-state index contributed by atoms with van der Waals surface area (Å²) in [6.07, 6.45) is -4.19. The Morgan fingerprint density at radius 1 is 1.11 bits per heavy atom. The van der Waals surface area contributed by atoms with E-state index in [1.165, 1.54) is 13.2 Å². The summed E-state index contributed by atoms with van der Waals surface area (Å²) >= 11 is 0. The summed E-state index contributed by atoms with van der Waals surface area (Å²) in [4.78, 5) is 57.0. The molecule has 4 atom stereocenters. The van der Waals surface area contributed by atoms with E-state index >= 15 is 0 Å². The number of aromatic amines is 1. The fourth-order valence-electron chi connectivity index (χ4n) is 5.95. The largest absolute Gasteiger partial charge is 0.496 e. The standard InChI is InChI=1S/C32H35F3N4O6/c1-44-28-11-5-10-23-22(28)15-25(37-23)31(43)39-16-21(32(33,34)35)14-26(39)30(42)38-24(13-20-9-6-12-36-29(20)41)27(40)18-45-17-19-7-3-2-4-8-19/h2-5,7-8,10-11,15,20-21,24,26,37H,6,9,12-14,16-18H2,1H3,(H,36,41)(H,38,42)/t20-,21+,24-,26-/m0/s1. The molecule has 0 radical (unpaired) electrons. The molecule has 0 unspecified atom stereocenters. The van der Waals surface area contributed by atoms with E-state index in [-0.39, 0.29) is 31.2 Å². The highest BCUT2D eigenvalue weighted by molar-refractivity contribution is 6.02. The number of likely N-dealkylation sites (tertiary alicyclic amines) is 1. The molecule has 0 bridgehead atoms. The van der Waals surface area contributed by atoms with Crippen LogP contribution < -0.4 is 15.4 Å². The van der Waals surface area contributed by atoms with Crippen LogP contribution in [0.3, 0.4) is 0 Å². The number of rotatable bonds is 11. The number of halogens is 3. The van der Waals surface area contributed by atoms with Crippen molar-refractivity contribution in [2.45, 2.75) is 50.6 Å². The highest BCUT2D eigenvalue weighted by Crippen LogP contribution is 2.38. The van der Waals surface area contributed by atoms with Gasteiger partial charge in [-0.15, -0.1) is 0 Å². The average Bonchev–Trinajstić information content (AvgIpc) is 3.68. The van der Waals surface area contributed by atoms with Crippen molar-refractivity contribution in [2.24, 2.45) is 11.8 Å². The number of nitrogens with one attached hydrogen (secondary N) is 3. The lowest BCUT2D eigenvalue weighted by Gasteiger charge is -2.29. The first-order valence-corrected chi connectivity index (χ1v) is 14.8. The zero-order valence-electron chi connectivity index (χ0n) is 24.7. The third kappa shape index (κ3) is 7.47. The summed E-state index contributed by atoms with van der Waals surface area (Å²) in [7, 11) is 1.46. The van der Waals surface area contributed by atoms with Gasteiger partial charge in [0.05, 0.1) is 25.7 Å². The highest BCUT2D eigenvalue weighted by atomic mass is 19.4. The van der Waals surface area contributed by atoms with E-state index in [1.807, 2.05) is 30.3 Å². The Morgan fingerprint density at radius 2 is 1.89 bits per heavy atom. The molecule has 2 aliphatic rings. The molecule has 5 rings (SSSR count). The van der Waals surface area contributed by atoms with Crippen LogP contribution in [-0.2, 0) is 25.7 Å². The van der Waals surface area contributed by atoms with E-state index in [1.54, 1.807) is 18.2 Å². The number of alkyl halides is 3. The smallest absolute Gasteiger partial charge is 0.393 e. The second-order valence-electron chi connectivity index (χ2n) is 11.4. The summed E-state index contributed by atoms with van der Waals surface area (Å²) in [6, 6.07) is 13.0. The van der Waals surface area contributed by atoms with Crippen molar-refractivity contribution in [3.63, 3.8) is 0 Å². The van der Waals surface area contributed by atoms with Gasteiger partial charge in [0.25, 0.3) is 5.91 Å². The number of nitrogens with zero attached hydrogens (tertiary/aromatic N) is 1. The Hall–Kier alpha value is -4.39. The molecule has 0 saturated carbocycles. The Labute approximate surface area is 257 Å². The van der Waals surface area contributed by atoms with E-state index in [0.29, 0.717) is 36.0 Å². The van der Waals surface area contributed by atoms with Gasteiger partial charge in [0.1, 0.15) is 24.1 Å². The fraction of sp³-hybridized carbons (Fsp3) is 0.438. The molecule has 45 heavy (non-hydrogen) atoms. The first-order valence-electron chi connectivity index (χ1n) is 14.8. The second kappa shape index (κ2) is 13.7. The number of hydrogen-bond acceptors (Lipinski definition) is 6. The van der Waals surface area contributed by atoms with E-state index in [0.717, 1.165) is 10.5 Å². The van der Waals surface area contributed by atoms with Crippen molar-refractivity contribution in [3.8, 4) is 5.75 Å². The number of fused-ring (bicyclic) bond motifs is 1. The monoisotopic (exact) mass is 628 g/mol. The topological polar surface area (TPSA) is 130 Å². The van der Waals surface area contributed by atoms with Crippen LogP contribution in [0.4, 0.5) is 13.2 Å². The van der Waals surface area contributed by atoms with Crippen LogP contribution in [0.5, 0.6) is 5.75 Å². The van der Waals surface area contributed by atoms with Gasteiger partial charge in [-0.05, 0) is 49.4 Å². The SMILES string of the molecule is COc1cccc2[nH]c(C(=O)N3C[C@H](C(F)(F)F)C[C@H]3C(=O)N[C@@H](C[C@@H]3CCCNC3=O)C(=O)COCc3ccccc3)cc12. The van der Waals surface area contributed by atoms with Crippen LogP contribution in [0.1, 0.15) is 41.7 Å². The van der Waals surface area contributed by atoms with E-state index in [9.17, 15) is 32.3 Å². The predicted octanol–water partition coefficient (Wildman–Crippen LogP) is 3.76. The Bertz CT molecular complexity index is 1540. The number of hydrogen-bond donors (Lipinski definition) is 3. The first kappa shape index (κ1) is 32.0. The minimum Gasteiger partial charge on any atom is -0.496 e. The molecule has 3 N–H and O–H groups in total. The van der Waals surface area contributed by atoms with Crippen LogP contribution in [-0.4, -0.2) is 78.5 Å². The molecule has 0 aliphatic carbocycles. The maximum Gasteiger partial charge on any atom is 0.393 e. The van der Waals surface area contributed by atoms with Crippen molar-refractivity contribution >= 4 is 34.4 Å². The molecule has 13 heteroatoms. The number of methoxy groups -OCH3 is 1. The highest BCUT2D eigenvalue weighted by Gasteiger charge is 2.51.